The second-order valence-electron chi connectivity index (χ2n) is 12.6. The Kier molecular flexibility index (Phi) is 8.61. The van der Waals surface area contributed by atoms with E-state index in [-0.39, 0.29) is 46.1 Å². The maximum atomic E-state index is 15.9. The van der Waals surface area contributed by atoms with Crippen molar-refractivity contribution in [3.63, 3.8) is 0 Å². The summed E-state index contributed by atoms with van der Waals surface area (Å²) in [5.74, 6) is -3.46. The summed E-state index contributed by atoms with van der Waals surface area (Å²) < 4.78 is 21.0. The van der Waals surface area contributed by atoms with Crippen molar-refractivity contribution < 1.29 is 23.5 Å². The van der Waals surface area contributed by atoms with Crippen LogP contribution in [0.3, 0.4) is 0 Å². The van der Waals surface area contributed by atoms with Crippen molar-refractivity contribution in [2.75, 3.05) is 17.2 Å². The summed E-state index contributed by atoms with van der Waals surface area (Å²) in [4.78, 5) is 40.3. The zero-order chi connectivity index (χ0) is 31.1. The second kappa shape index (κ2) is 11.9. The molecule has 226 valence electrons. The molecule has 2 N–H and O–H groups in total. The number of rotatable bonds is 7. The monoisotopic (exact) mass is 624 g/mol. The molecule has 1 aliphatic heterocycles. The van der Waals surface area contributed by atoms with E-state index < -0.39 is 23.1 Å². The number of anilines is 2. The van der Waals surface area contributed by atoms with Crippen LogP contribution in [0.5, 0.6) is 0 Å². The molecular weight excluding hydrogens is 590 g/mol. The molecule has 1 heterocycles. The van der Waals surface area contributed by atoms with E-state index in [2.05, 4.69) is 31.4 Å². The molecule has 1 aliphatic carbocycles. The molecule has 2 amide bonds. The molecule has 5 rings (SSSR count). The van der Waals surface area contributed by atoms with E-state index in [1.54, 1.807) is 55.5 Å². The van der Waals surface area contributed by atoms with Gasteiger partial charge in [-0.15, -0.1) is 0 Å². The van der Waals surface area contributed by atoms with Crippen LogP contribution in [0.15, 0.2) is 60.7 Å². The van der Waals surface area contributed by atoms with E-state index in [0.29, 0.717) is 41.4 Å². The van der Waals surface area contributed by atoms with Crippen LogP contribution < -0.4 is 10.6 Å². The molecule has 0 radical (unpaired) electrons. The lowest BCUT2D eigenvalue weighted by molar-refractivity contribution is -0.142. The number of carbonyl (C=O) groups excluding carboxylic acids is 3. The average Bonchev–Trinajstić information content (AvgIpc) is 3.40. The Morgan fingerprint density at radius 3 is 2.49 bits per heavy atom. The molecule has 6 nitrogen and oxygen atoms in total. The third-order valence-corrected chi connectivity index (χ3v) is 9.04. The lowest BCUT2D eigenvalue weighted by atomic mass is 9.62. The first-order valence-electron chi connectivity index (χ1n) is 14.5. The van der Waals surface area contributed by atoms with Gasteiger partial charge in [0.15, 0.2) is 0 Å². The van der Waals surface area contributed by atoms with Gasteiger partial charge in [-0.2, -0.15) is 0 Å². The topological polar surface area (TPSA) is 84.5 Å². The number of carbonyl (C=O) groups is 3. The number of fused-ring (bicyclic) bond motifs is 2. The summed E-state index contributed by atoms with van der Waals surface area (Å²) in [5, 5.41) is 6.40. The zero-order valence-electron chi connectivity index (χ0n) is 24.6. The fourth-order valence-electron chi connectivity index (χ4n) is 7.03. The Labute approximate surface area is 261 Å². The number of halogens is 3. The van der Waals surface area contributed by atoms with Crippen LogP contribution in [-0.4, -0.2) is 24.4 Å². The molecule has 1 fully saturated rings. The summed E-state index contributed by atoms with van der Waals surface area (Å²) in [7, 11) is 0. The van der Waals surface area contributed by atoms with Crippen molar-refractivity contribution in [2.45, 2.75) is 58.3 Å². The number of benzene rings is 3. The molecule has 1 spiro atoms. The third kappa shape index (κ3) is 5.89. The Morgan fingerprint density at radius 1 is 1.09 bits per heavy atom. The van der Waals surface area contributed by atoms with Gasteiger partial charge < -0.3 is 15.4 Å². The molecule has 0 unspecified atom stereocenters. The van der Waals surface area contributed by atoms with Gasteiger partial charge in [-0.1, -0.05) is 74.3 Å². The smallest absolute Gasteiger partial charge is 0.310 e. The molecule has 43 heavy (non-hydrogen) atoms. The number of ether oxygens (including phenoxy) is 1. The molecule has 3 aromatic rings. The summed E-state index contributed by atoms with van der Waals surface area (Å²) >= 11 is 12.6. The van der Waals surface area contributed by atoms with E-state index in [9.17, 15) is 14.4 Å². The SMILES string of the molecule is CCOC(=O)Cc1ccc(NC(=O)[C@@H]2C[C@@H](CC(C)(C)C)[C@@]3(C(=O)Nc4cc(Cl)ccc43)[C@H]2c2cccc(Cl)c2F)cc1. The number of amides is 2. The molecular formula is C34H35Cl2FN2O4. The van der Waals surface area contributed by atoms with Gasteiger partial charge in [0, 0.05) is 28.2 Å². The number of esters is 1. The van der Waals surface area contributed by atoms with E-state index in [1.165, 1.54) is 6.07 Å². The van der Waals surface area contributed by atoms with Gasteiger partial charge >= 0.3 is 5.97 Å². The van der Waals surface area contributed by atoms with E-state index in [1.807, 2.05) is 6.07 Å². The molecule has 0 aromatic heterocycles. The molecule has 9 heteroatoms. The van der Waals surface area contributed by atoms with E-state index >= 15 is 4.39 Å². The highest BCUT2D eigenvalue weighted by molar-refractivity contribution is 6.31. The first-order chi connectivity index (χ1) is 20.3. The minimum Gasteiger partial charge on any atom is -0.466 e. The highest BCUT2D eigenvalue weighted by atomic mass is 35.5. The van der Waals surface area contributed by atoms with Crippen LogP contribution in [-0.2, 0) is 31.0 Å². The molecule has 3 aromatic carbocycles. The van der Waals surface area contributed by atoms with Crippen LogP contribution in [0.1, 0.15) is 63.1 Å². The highest BCUT2D eigenvalue weighted by Crippen LogP contribution is 2.64. The maximum Gasteiger partial charge on any atom is 0.310 e. The summed E-state index contributed by atoms with van der Waals surface area (Å²) in [6.45, 7) is 8.33. The van der Waals surface area contributed by atoms with Gasteiger partial charge in [-0.3, -0.25) is 14.4 Å². The van der Waals surface area contributed by atoms with Gasteiger partial charge in [0.2, 0.25) is 11.8 Å². The average molecular weight is 626 g/mol. The Bertz CT molecular complexity index is 1570. The van der Waals surface area contributed by atoms with Crippen molar-refractivity contribution in [3.8, 4) is 0 Å². The van der Waals surface area contributed by atoms with Crippen molar-refractivity contribution in [1.29, 1.82) is 0 Å². The van der Waals surface area contributed by atoms with Gasteiger partial charge in [0.05, 0.1) is 23.5 Å². The summed E-state index contributed by atoms with van der Waals surface area (Å²) in [6, 6.07) is 16.9. The fourth-order valence-corrected chi connectivity index (χ4v) is 7.38. The van der Waals surface area contributed by atoms with Crippen molar-refractivity contribution in [2.24, 2.45) is 17.3 Å². The number of nitrogens with one attached hydrogen (secondary N) is 2. The molecule has 4 atom stereocenters. The largest absolute Gasteiger partial charge is 0.466 e. The quantitative estimate of drug-likeness (QED) is 0.261. The predicted octanol–water partition coefficient (Wildman–Crippen LogP) is 7.92. The summed E-state index contributed by atoms with van der Waals surface area (Å²) in [6.07, 6.45) is 1.10. The minimum atomic E-state index is -1.23. The standard InChI is InChI=1S/C34H35Cl2FN2O4/c1-5-43-28(40)15-19-9-12-22(13-10-19)38-31(41)24-16-20(18-33(2,3)4)34(29(24)23-7-6-8-26(36)30(23)37)25-14-11-21(35)17-27(25)39-32(34)42/h6-14,17,20,24,29H,5,15-16,18H2,1-4H3,(H,38,41)(H,39,42)/t20-,24+,29-,34-/m0/s1. The van der Waals surface area contributed by atoms with Crippen LogP contribution >= 0.6 is 23.2 Å². The van der Waals surface area contributed by atoms with E-state index in [4.69, 9.17) is 27.9 Å². The lowest BCUT2D eigenvalue weighted by Gasteiger charge is -2.39. The van der Waals surface area contributed by atoms with Crippen LogP contribution in [0.25, 0.3) is 0 Å². The number of hydrogen-bond donors (Lipinski definition) is 2. The van der Waals surface area contributed by atoms with Crippen molar-refractivity contribution in [3.05, 3.63) is 93.2 Å². The Hall–Kier alpha value is -3.42. The fraction of sp³-hybridized carbons (Fsp3) is 0.382. The zero-order valence-corrected chi connectivity index (χ0v) is 26.1. The van der Waals surface area contributed by atoms with Gasteiger partial charge in [-0.05, 0) is 78.1 Å². The Morgan fingerprint density at radius 2 is 1.81 bits per heavy atom. The normalized spacial score (nSPS) is 22.8. The predicted molar refractivity (Wildman–Crippen MR) is 167 cm³/mol. The minimum absolute atomic E-state index is 0.0713. The third-order valence-electron chi connectivity index (χ3n) is 8.51. The first kappa shape index (κ1) is 31.0. The molecule has 1 saturated carbocycles. The maximum absolute atomic E-state index is 15.9. The van der Waals surface area contributed by atoms with Crippen molar-refractivity contribution in [1.82, 2.24) is 0 Å². The molecule has 2 aliphatic rings. The lowest BCUT2D eigenvalue weighted by Crippen LogP contribution is -2.45. The van der Waals surface area contributed by atoms with Crippen molar-refractivity contribution >= 4 is 52.4 Å². The van der Waals surface area contributed by atoms with Gasteiger partial charge in [-0.25, -0.2) is 4.39 Å². The van der Waals surface area contributed by atoms with Crippen LogP contribution in [0.2, 0.25) is 10.0 Å². The van der Waals surface area contributed by atoms with Gasteiger partial charge in [0.1, 0.15) is 5.82 Å². The number of hydrogen-bond acceptors (Lipinski definition) is 4. The first-order valence-corrected chi connectivity index (χ1v) is 15.2. The molecule has 0 bridgehead atoms. The van der Waals surface area contributed by atoms with Crippen LogP contribution in [0.4, 0.5) is 15.8 Å². The summed E-state index contributed by atoms with van der Waals surface area (Å²) in [5.41, 5.74) is 1.36. The van der Waals surface area contributed by atoms with E-state index in [0.717, 1.165) is 5.56 Å². The van der Waals surface area contributed by atoms with Crippen LogP contribution in [0, 0.1) is 23.1 Å². The molecule has 0 saturated heterocycles. The van der Waals surface area contributed by atoms with Gasteiger partial charge in [0.25, 0.3) is 0 Å². The second-order valence-corrected chi connectivity index (χ2v) is 13.4. The highest BCUT2D eigenvalue weighted by Gasteiger charge is 2.66. The Balaban J connectivity index is 1.60.